The summed E-state index contributed by atoms with van der Waals surface area (Å²) in [6.07, 6.45) is 1.41. The molecule has 1 aromatic carbocycles. The summed E-state index contributed by atoms with van der Waals surface area (Å²) in [5.74, 6) is -0.990. The van der Waals surface area contributed by atoms with Gasteiger partial charge in [0.1, 0.15) is 12.1 Å². The zero-order valence-electron chi connectivity index (χ0n) is 9.03. The molecule has 6 heteroatoms. The van der Waals surface area contributed by atoms with E-state index in [0.29, 0.717) is 5.69 Å². The van der Waals surface area contributed by atoms with Gasteiger partial charge in [0.25, 0.3) is 5.91 Å². The van der Waals surface area contributed by atoms with Crippen molar-refractivity contribution in [1.29, 1.82) is 0 Å². The number of nitrogens with two attached hydrogens (primary N) is 1. The van der Waals surface area contributed by atoms with Gasteiger partial charge in [-0.1, -0.05) is 0 Å². The van der Waals surface area contributed by atoms with Gasteiger partial charge in [0.05, 0.1) is 11.3 Å². The van der Waals surface area contributed by atoms with Crippen molar-refractivity contribution >= 4 is 17.6 Å². The Kier molecular flexibility index (Phi) is 2.78. The van der Waals surface area contributed by atoms with Crippen LogP contribution in [0, 0.1) is 12.7 Å². The normalized spacial score (nSPS) is 10.2. The second-order valence-electron chi connectivity index (χ2n) is 3.48. The number of nitrogens with one attached hydrogen (secondary N) is 1. The zero-order valence-corrected chi connectivity index (χ0v) is 9.03. The molecule has 88 valence electrons. The molecule has 0 saturated heterocycles. The van der Waals surface area contributed by atoms with Gasteiger partial charge in [0.2, 0.25) is 0 Å². The van der Waals surface area contributed by atoms with Crippen LogP contribution in [0.5, 0.6) is 0 Å². The first-order valence-corrected chi connectivity index (χ1v) is 4.85. The zero-order chi connectivity index (χ0) is 12.4. The number of hydrogen-bond acceptors (Lipinski definition) is 4. The summed E-state index contributed by atoms with van der Waals surface area (Å²) in [7, 11) is 0. The Morgan fingerprint density at radius 2 is 2.29 bits per heavy atom. The van der Waals surface area contributed by atoms with Gasteiger partial charge < -0.3 is 10.2 Å². The SMILES string of the molecule is Cc1coc(NC(=O)c2ccc(F)cc2N)n1. The summed E-state index contributed by atoms with van der Waals surface area (Å²) in [5, 5.41) is 2.42. The van der Waals surface area contributed by atoms with Gasteiger partial charge >= 0.3 is 6.01 Å². The van der Waals surface area contributed by atoms with Crippen LogP contribution >= 0.6 is 0 Å². The summed E-state index contributed by atoms with van der Waals surface area (Å²) in [5.41, 5.74) is 6.40. The molecule has 1 heterocycles. The molecule has 5 nitrogen and oxygen atoms in total. The van der Waals surface area contributed by atoms with Crippen LogP contribution in [0.15, 0.2) is 28.9 Å². The Balaban J connectivity index is 2.20. The molecule has 0 spiro atoms. The molecule has 17 heavy (non-hydrogen) atoms. The topological polar surface area (TPSA) is 81.2 Å². The average molecular weight is 235 g/mol. The smallest absolute Gasteiger partial charge is 0.301 e. The van der Waals surface area contributed by atoms with E-state index in [0.717, 1.165) is 12.1 Å². The third-order valence-corrected chi connectivity index (χ3v) is 2.10. The maximum absolute atomic E-state index is 12.8. The monoisotopic (exact) mass is 235 g/mol. The van der Waals surface area contributed by atoms with Gasteiger partial charge in [0, 0.05) is 5.69 Å². The fourth-order valence-electron chi connectivity index (χ4n) is 1.32. The summed E-state index contributed by atoms with van der Waals surface area (Å²) in [6.45, 7) is 1.73. The largest absolute Gasteiger partial charge is 0.432 e. The van der Waals surface area contributed by atoms with E-state index in [1.165, 1.54) is 12.3 Å². The highest BCUT2D eigenvalue weighted by atomic mass is 19.1. The molecular weight excluding hydrogens is 225 g/mol. The van der Waals surface area contributed by atoms with Gasteiger partial charge in [-0.25, -0.2) is 4.39 Å². The predicted molar refractivity (Wildman–Crippen MR) is 60.0 cm³/mol. The lowest BCUT2D eigenvalue weighted by molar-refractivity contribution is 0.102. The second-order valence-corrected chi connectivity index (χ2v) is 3.48. The van der Waals surface area contributed by atoms with Crippen molar-refractivity contribution in [3.05, 3.63) is 41.5 Å². The first kappa shape index (κ1) is 11.1. The minimum atomic E-state index is -0.496. The summed E-state index contributed by atoms with van der Waals surface area (Å²) in [4.78, 5) is 15.7. The Bertz CT molecular complexity index is 566. The van der Waals surface area contributed by atoms with Gasteiger partial charge in [-0.3, -0.25) is 10.1 Å². The van der Waals surface area contributed by atoms with Crippen LogP contribution in [0.4, 0.5) is 16.1 Å². The second kappa shape index (κ2) is 4.25. The van der Waals surface area contributed by atoms with Crippen LogP contribution in [-0.2, 0) is 0 Å². The number of nitrogen functional groups attached to an aromatic ring is 1. The van der Waals surface area contributed by atoms with Crippen LogP contribution in [-0.4, -0.2) is 10.9 Å². The first-order valence-electron chi connectivity index (χ1n) is 4.85. The maximum atomic E-state index is 12.8. The quantitative estimate of drug-likeness (QED) is 0.779. The molecule has 0 radical (unpaired) electrons. The number of benzene rings is 1. The molecule has 0 unspecified atom stereocenters. The lowest BCUT2D eigenvalue weighted by Gasteiger charge is -2.04. The Hall–Kier alpha value is -2.37. The molecule has 0 saturated carbocycles. The summed E-state index contributed by atoms with van der Waals surface area (Å²) >= 11 is 0. The summed E-state index contributed by atoms with van der Waals surface area (Å²) in [6, 6.07) is 3.62. The number of carbonyl (C=O) groups excluding carboxylic acids is 1. The Labute approximate surface area is 96.4 Å². The highest BCUT2D eigenvalue weighted by Crippen LogP contribution is 2.15. The lowest BCUT2D eigenvalue weighted by Crippen LogP contribution is -2.14. The molecule has 0 fully saturated rings. The van der Waals surface area contributed by atoms with Crippen molar-refractivity contribution in [2.24, 2.45) is 0 Å². The molecule has 0 aliphatic carbocycles. The van der Waals surface area contributed by atoms with Crippen molar-refractivity contribution in [2.45, 2.75) is 6.92 Å². The minimum absolute atomic E-state index is 0.0609. The van der Waals surface area contributed by atoms with Crippen molar-refractivity contribution < 1.29 is 13.6 Å². The van der Waals surface area contributed by atoms with E-state index in [1.807, 2.05) is 0 Å². The average Bonchev–Trinajstić information content (AvgIpc) is 2.63. The van der Waals surface area contributed by atoms with E-state index in [2.05, 4.69) is 10.3 Å². The van der Waals surface area contributed by atoms with E-state index < -0.39 is 11.7 Å². The van der Waals surface area contributed by atoms with Crippen LogP contribution < -0.4 is 11.1 Å². The van der Waals surface area contributed by atoms with Gasteiger partial charge in [-0.05, 0) is 25.1 Å². The number of halogens is 1. The third kappa shape index (κ3) is 2.41. The number of rotatable bonds is 2. The predicted octanol–water partition coefficient (Wildman–Crippen LogP) is 1.96. The van der Waals surface area contributed by atoms with Gasteiger partial charge in [-0.2, -0.15) is 4.98 Å². The molecule has 2 aromatic rings. The molecule has 0 bridgehead atoms. The molecule has 1 aromatic heterocycles. The van der Waals surface area contributed by atoms with Crippen LogP contribution in [0.3, 0.4) is 0 Å². The van der Waals surface area contributed by atoms with E-state index >= 15 is 0 Å². The molecular formula is C11H10FN3O2. The standard InChI is InChI=1S/C11H10FN3O2/c1-6-5-17-11(14-6)15-10(16)8-3-2-7(12)4-9(8)13/h2-5H,13H2,1H3,(H,14,15,16). The summed E-state index contributed by atoms with van der Waals surface area (Å²) < 4.78 is 17.8. The van der Waals surface area contributed by atoms with E-state index in [4.69, 9.17) is 10.2 Å². The Morgan fingerprint density at radius 3 is 2.88 bits per heavy atom. The fourth-order valence-corrected chi connectivity index (χ4v) is 1.32. The third-order valence-electron chi connectivity index (χ3n) is 2.10. The molecule has 2 rings (SSSR count). The van der Waals surface area contributed by atoms with E-state index in [9.17, 15) is 9.18 Å². The van der Waals surface area contributed by atoms with Crippen LogP contribution in [0.2, 0.25) is 0 Å². The number of carbonyl (C=O) groups is 1. The maximum Gasteiger partial charge on any atom is 0.301 e. The van der Waals surface area contributed by atoms with Crippen molar-refractivity contribution in [3.8, 4) is 0 Å². The number of aromatic nitrogens is 1. The minimum Gasteiger partial charge on any atom is -0.432 e. The van der Waals surface area contributed by atoms with Crippen molar-refractivity contribution in [2.75, 3.05) is 11.1 Å². The molecule has 0 atom stereocenters. The fraction of sp³-hybridized carbons (Fsp3) is 0.0909. The number of nitrogens with zero attached hydrogens (tertiary/aromatic N) is 1. The lowest BCUT2D eigenvalue weighted by atomic mass is 10.1. The van der Waals surface area contributed by atoms with Crippen LogP contribution in [0.25, 0.3) is 0 Å². The Morgan fingerprint density at radius 1 is 1.53 bits per heavy atom. The number of oxazole rings is 1. The molecule has 0 aliphatic heterocycles. The molecule has 1 amide bonds. The number of anilines is 2. The number of amides is 1. The van der Waals surface area contributed by atoms with Crippen molar-refractivity contribution in [1.82, 2.24) is 4.98 Å². The number of hydrogen-bond donors (Lipinski definition) is 2. The van der Waals surface area contributed by atoms with Gasteiger partial charge in [0.15, 0.2) is 0 Å². The number of aryl methyl sites for hydroxylation is 1. The highest BCUT2D eigenvalue weighted by Gasteiger charge is 2.12. The van der Waals surface area contributed by atoms with Crippen LogP contribution in [0.1, 0.15) is 16.1 Å². The van der Waals surface area contributed by atoms with Crippen molar-refractivity contribution in [3.63, 3.8) is 0 Å². The molecule has 3 N–H and O–H groups in total. The van der Waals surface area contributed by atoms with E-state index in [1.54, 1.807) is 6.92 Å². The van der Waals surface area contributed by atoms with E-state index in [-0.39, 0.29) is 17.3 Å². The first-order chi connectivity index (χ1) is 8.06. The molecule has 0 aliphatic rings. The highest BCUT2D eigenvalue weighted by molar-refractivity contribution is 6.06. The van der Waals surface area contributed by atoms with Gasteiger partial charge in [-0.15, -0.1) is 0 Å².